The Hall–Kier alpha value is -2.89. The maximum Gasteiger partial charge on any atom is 0.258 e. The summed E-state index contributed by atoms with van der Waals surface area (Å²) in [6.45, 7) is 0.354. The summed E-state index contributed by atoms with van der Waals surface area (Å²) in [5.74, 6) is -0.588. The number of hydrogen-bond acceptors (Lipinski definition) is 3. The molecule has 0 spiro atoms. The predicted octanol–water partition coefficient (Wildman–Crippen LogP) is 2.91. The molecular formula is C20H19FN2O3. The van der Waals surface area contributed by atoms with E-state index in [4.69, 9.17) is 4.74 Å². The summed E-state index contributed by atoms with van der Waals surface area (Å²) in [7, 11) is 0. The average molecular weight is 354 g/mol. The summed E-state index contributed by atoms with van der Waals surface area (Å²) >= 11 is 0. The van der Waals surface area contributed by atoms with E-state index in [9.17, 15) is 14.0 Å². The molecule has 0 aromatic heterocycles. The van der Waals surface area contributed by atoms with Gasteiger partial charge in [0.25, 0.3) is 5.91 Å². The molecule has 2 aliphatic rings. The Morgan fingerprint density at radius 1 is 1.12 bits per heavy atom. The van der Waals surface area contributed by atoms with E-state index in [1.54, 1.807) is 24.3 Å². The second kappa shape index (κ2) is 6.78. The number of ether oxygens (including phenoxy) is 1. The highest BCUT2D eigenvalue weighted by Crippen LogP contribution is 2.31. The Morgan fingerprint density at radius 2 is 1.92 bits per heavy atom. The van der Waals surface area contributed by atoms with Gasteiger partial charge in [0, 0.05) is 11.7 Å². The van der Waals surface area contributed by atoms with Crippen LogP contribution in [0, 0.1) is 11.7 Å². The summed E-state index contributed by atoms with van der Waals surface area (Å²) < 4.78 is 19.4. The zero-order valence-corrected chi connectivity index (χ0v) is 14.1. The monoisotopic (exact) mass is 354 g/mol. The topological polar surface area (TPSA) is 67.4 Å². The van der Waals surface area contributed by atoms with E-state index in [-0.39, 0.29) is 17.4 Å². The summed E-state index contributed by atoms with van der Waals surface area (Å²) in [4.78, 5) is 24.5. The fourth-order valence-electron chi connectivity index (χ4n) is 3.03. The van der Waals surface area contributed by atoms with Gasteiger partial charge in [0.15, 0.2) is 0 Å². The fraction of sp³-hybridized carbons (Fsp3) is 0.300. The van der Waals surface area contributed by atoms with Crippen molar-refractivity contribution in [1.82, 2.24) is 5.32 Å². The number of rotatable bonds is 4. The molecular weight excluding hydrogens is 335 g/mol. The molecule has 0 radical (unpaired) electrons. The Kier molecular flexibility index (Phi) is 4.32. The zero-order chi connectivity index (χ0) is 18.1. The molecule has 1 aliphatic carbocycles. The van der Waals surface area contributed by atoms with Crippen molar-refractivity contribution in [1.29, 1.82) is 0 Å². The summed E-state index contributed by atoms with van der Waals surface area (Å²) in [6.07, 6.45) is 2.64. The number of amides is 2. The van der Waals surface area contributed by atoms with Gasteiger partial charge in [-0.15, -0.1) is 0 Å². The van der Waals surface area contributed by atoms with Crippen molar-refractivity contribution in [2.45, 2.75) is 25.3 Å². The highest BCUT2D eigenvalue weighted by molar-refractivity contribution is 6.04. The van der Waals surface area contributed by atoms with Gasteiger partial charge in [0.1, 0.15) is 18.2 Å². The van der Waals surface area contributed by atoms with Crippen LogP contribution in [0.4, 0.5) is 10.1 Å². The van der Waals surface area contributed by atoms with Crippen molar-refractivity contribution in [3.8, 4) is 5.75 Å². The molecule has 1 unspecified atom stereocenters. The first-order valence-corrected chi connectivity index (χ1v) is 8.72. The highest BCUT2D eigenvalue weighted by atomic mass is 19.1. The quantitative estimate of drug-likeness (QED) is 0.887. The van der Waals surface area contributed by atoms with Gasteiger partial charge in [0.2, 0.25) is 5.91 Å². The van der Waals surface area contributed by atoms with Gasteiger partial charge in [-0.3, -0.25) is 9.59 Å². The van der Waals surface area contributed by atoms with Crippen LogP contribution in [0.5, 0.6) is 5.75 Å². The van der Waals surface area contributed by atoms with E-state index in [1.807, 2.05) is 0 Å². The Balaban J connectivity index is 1.47. The molecule has 2 N–H and O–H groups in total. The molecule has 2 amide bonds. The van der Waals surface area contributed by atoms with Crippen LogP contribution in [0.1, 0.15) is 28.8 Å². The number of carbonyl (C=O) groups excluding carboxylic acids is 2. The van der Waals surface area contributed by atoms with E-state index in [1.165, 1.54) is 18.2 Å². The second-order valence-electron chi connectivity index (χ2n) is 6.75. The number of carbonyl (C=O) groups is 2. The van der Waals surface area contributed by atoms with Crippen LogP contribution in [0.2, 0.25) is 0 Å². The summed E-state index contributed by atoms with van der Waals surface area (Å²) in [6, 6.07) is 11.4. The van der Waals surface area contributed by atoms with Crippen LogP contribution in [-0.2, 0) is 11.2 Å². The highest BCUT2D eigenvalue weighted by Gasteiger charge is 2.30. The molecule has 5 nitrogen and oxygen atoms in total. The number of nitrogens with one attached hydrogen (secondary N) is 2. The molecule has 0 saturated heterocycles. The first kappa shape index (κ1) is 16.6. The summed E-state index contributed by atoms with van der Waals surface area (Å²) in [5.41, 5.74) is 1.39. The molecule has 2 aromatic rings. The minimum Gasteiger partial charge on any atom is -0.492 e. The lowest BCUT2D eigenvalue weighted by atomic mass is 9.95. The molecule has 134 valence electrons. The van der Waals surface area contributed by atoms with E-state index < -0.39 is 11.7 Å². The average Bonchev–Trinajstić information content (AvgIpc) is 3.45. The van der Waals surface area contributed by atoms with Gasteiger partial charge < -0.3 is 15.4 Å². The van der Waals surface area contributed by atoms with Crippen LogP contribution in [-0.4, -0.2) is 24.5 Å². The lowest BCUT2D eigenvalue weighted by Crippen LogP contribution is -2.38. The maximum atomic E-state index is 13.7. The molecule has 1 fully saturated rings. The van der Waals surface area contributed by atoms with Crippen LogP contribution < -0.4 is 15.4 Å². The lowest BCUT2D eigenvalue weighted by molar-refractivity contribution is -0.126. The molecule has 2 aromatic carbocycles. The maximum absolute atomic E-state index is 13.7. The van der Waals surface area contributed by atoms with E-state index in [2.05, 4.69) is 10.6 Å². The molecule has 4 rings (SSSR count). The van der Waals surface area contributed by atoms with Crippen molar-refractivity contribution in [2.24, 2.45) is 5.92 Å². The van der Waals surface area contributed by atoms with Crippen molar-refractivity contribution < 1.29 is 18.7 Å². The van der Waals surface area contributed by atoms with Gasteiger partial charge in [0.05, 0.1) is 11.5 Å². The van der Waals surface area contributed by atoms with Crippen LogP contribution in [0.15, 0.2) is 42.5 Å². The van der Waals surface area contributed by atoms with Crippen molar-refractivity contribution in [3.05, 3.63) is 59.4 Å². The molecule has 1 aliphatic heterocycles. The van der Waals surface area contributed by atoms with Gasteiger partial charge in [-0.2, -0.15) is 0 Å². The fourth-order valence-corrected chi connectivity index (χ4v) is 3.03. The normalized spacial score (nSPS) is 18.4. The van der Waals surface area contributed by atoms with Crippen LogP contribution in [0.3, 0.4) is 0 Å². The molecule has 0 bridgehead atoms. The molecule has 1 saturated carbocycles. The standard InChI is InChI=1S/C20H19FN2O3/c21-17-4-2-1-3-16(17)20(25)23-15-7-8-18-12(10-15)9-13(11-26-18)19(24)22-14-5-6-14/h1-4,7-8,10,13-14H,5-6,9,11H2,(H,22,24)(H,23,25). The van der Waals surface area contributed by atoms with E-state index >= 15 is 0 Å². The summed E-state index contributed by atoms with van der Waals surface area (Å²) in [5, 5.41) is 5.70. The third kappa shape index (κ3) is 3.54. The Morgan fingerprint density at radius 3 is 2.69 bits per heavy atom. The largest absolute Gasteiger partial charge is 0.492 e. The van der Waals surface area contributed by atoms with Gasteiger partial charge in [-0.05, 0) is 55.2 Å². The molecule has 1 heterocycles. The Labute approximate surface area is 150 Å². The molecule has 26 heavy (non-hydrogen) atoms. The SMILES string of the molecule is O=C(Nc1ccc2c(c1)CC(C(=O)NC1CC1)CO2)c1ccccc1F. The van der Waals surface area contributed by atoms with Gasteiger partial charge in [-0.1, -0.05) is 12.1 Å². The van der Waals surface area contributed by atoms with Crippen molar-refractivity contribution in [3.63, 3.8) is 0 Å². The number of benzene rings is 2. The molecule has 6 heteroatoms. The first-order valence-electron chi connectivity index (χ1n) is 8.72. The number of anilines is 1. The predicted molar refractivity (Wildman–Crippen MR) is 94.6 cm³/mol. The van der Waals surface area contributed by atoms with Gasteiger partial charge >= 0.3 is 0 Å². The Bertz CT molecular complexity index is 864. The van der Waals surface area contributed by atoms with Crippen molar-refractivity contribution >= 4 is 17.5 Å². The third-order valence-electron chi connectivity index (χ3n) is 4.64. The number of halogens is 1. The smallest absolute Gasteiger partial charge is 0.258 e. The second-order valence-corrected chi connectivity index (χ2v) is 6.75. The van der Waals surface area contributed by atoms with Crippen LogP contribution >= 0.6 is 0 Å². The minimum absolute atomic E-state index is 0.0110. The molecule has 1 atom stereocenters. The number of fused-ring (bicyclic) bond motifs is 1. The van der Waals surface area contributed by atoms with Crippen molar-refractivity contribution in [2.75, 3.05) is 11.9 Å². The first-order chi connectivity index (χ1) is 12.6. The van der Waals surface area contributed by atoms with Crippen LogP contribution in [0.25, 0.3) is 0 Å². The van der Waals surface area contributed by atoms with E-state index in [0.29, 0.717) is 30.5 Å². The number of hydrogen-bond donors (Lipinski definition) is 2. The lowest BCUT2D eigenvalue weighted by Gasteiger charge is -2.25. The minimum atomic E-state index is -0.567. The zero-order valence-electron chi connectivity index (χ0n) is 14.1. The van der Waals surface area contributed by atoms with E-state index in [0.717, 1.165) is 18.4 Å². The third-order valence-corrected chi connectivity index (χ3v) is 4.64. The van der Waals surface area contributed by atoms with Gasteiger partial charge in [-0.25, -0.2) is 4.39 Å².